The minimum absolute atomic E-state index is 0.00389. The van der Waals surface area contributed by atoms with Crippen LogP contribution in [0.2, 0.25) is 0 Å². The molecule has 1 aromatic rings. The molecule has 1 atom stereocenters. The van der Waals surface area contributed by atoms with Crippen molar-refractivity contribution in [3.63, 3.8) is 0 Å². The number of nitrogens with zero attached hydrogens (tertiary/aromatic N) is 2. The molecule has 4 heteroatoms. The van der Waals surface area contributed by atoms with E-state index in [4.69, 9.17) is 4.74 Å². The van der Waals surface area contributed by atoms with Crippen molar-refractivity contribution in [3.8, 4) is 0 Å². The second-order valence-electron chi connectivity index (χ2n) is 3.37. The number of carbonyl (C=O) groups is 1. The first-order chi connectivity index (χ1) is 6.22. The predicted molar refractivity (Wildman–Crippen MR) is 46.1 cm³/mol. The van der Waals surface area contributed by atoms with E-state index < -0.39 is 0 Å². The van der Waals surface area contributed by atoms with E-state index in [1.165, 1.54) is 12.7 Å². The lowest BCUT2D eigenvalue weighted by molar-refractivity contribution is -0.145. The van der Waals surface area contributed by atoms with Gasteiger partial charge in [0.05, 0.1) is 19.2 Å². The molecule has 0 aliphatic heterocycles. The number of ether oxygens (including phenoxy) is 1. The molecule has 0 amide bonds. The molecule has 1 aromatic heterocycles. The average Bonchev–Trinajstić information content (AvgIpc) is 2.67. The molecule has 0 saturated heterocycles. The summed E-state index contributed by atoms with van der Waals surface area (Å²) in [5.41, 5.74) is 2.34. The normalized spacial score (nSPS) is 20.0. The van der Waals surface area contributed by atoms with Crippen LogP contribution in [0.25, 0.3) is 0 Å². The first kappa shape index (κ1) is 8.29. The third-order valence-corrected chi connectivity index (χ3v) is 2.59. The highest BCUT2D eigenvalue weighted by Gasteiger charge is 2.30. The minimum atomic E-state index is -0.115. The van der Waals surface area contributed by atoms with Crippen LogP contribution in [-0.4, -0.2) is 22.9 Å². The third-order valence-electron chi connectivity index (χ3n) is 2.59. The van der Waals surface area contributed by atoms with E-state index in [1.807, 2.05) is 17.9 Å². The van der Waals surface area contributed by atoms with Crippen LogP contribution >= 0.6 is 0 Å². The van der Waals surface area contributed by atoms with Crippen LogP contribution in [0.1, 0.15) is 11.3 Å². The molecule has 0 spiro atoms. The highest BCUT2D eigenvalue weighted by Crippen LogP contribution is 2.26. The molecule has 0 bridgehead atoms. The monoisotopic (exact) mass is 180 g/mol. The van der Waals surface area contributed by atoms with Crippen LogP contribution in [-0.2, 0) is 29.4 Å². The molecular formula is C9H12N2O2. The molecule has 0 radical (unpaired) electrons. The summed E-state index contributed by atoms with van der Waals surface area (Å²) in [7, 11) is 3.34. The van der Waals surface area contributed by atoms with Crippen LogP contribution in [0.5, 0.6) is 0 Å². The van der Waals surface area contributed by atoms with Gasteiger partial charge < -0.3 is 4.74 Å². The van der Waals surface area contributed by atoms with Gasteiger partial charge in [0, 0.05) is 19.2 Å². The van der Waals surface area contributed by atoms with Gasteiger partial charge in [-0.2, -0.15) is 5.10 Å². The molecule has 0 saturated carbocycles. The Morgan fingerprint density at radius 2 is 2.46 bits per heavy atom. The van der Waals surface area contributed by atoms with Gasteiger partial charge in [-0.25, -0.2) is 0 Å². The number of aromatic nitrogens is 2. The van der Waals surface area contributed by atoms with Crippen molar-refractivity contribution >= 4 is 5.97 Å². The summed E-state index contributed by atoms with van der Waals surface area (Å²) in [4.78, 5) is 11.2. The van der Waals surface area contributed by atoms with Gasteiger partial charge in [-0.1, -0.05) is 0 Å². The molecule has 70 valence electrons. The standard InChI is InChI=1S/C9H12N2O2/c1-11-8-4-6(9(12)13-2)3-7(8)5-10-11/h5-6H,3-4H2,1-2H3. The molecule has 1 aliphatic carbocycles. The van der Waals surface area contributed by atoms with Gasteiger partial charge in [0.1, 0.15) is 0 Å². The van der Waals surface area contributed by atoms with E-state index in [1.54, 1.807) is 0 Å². The highest BCUT2D eigenvalue weighted by molar-refractivity contribution is 5.74. The van der Waals surface area contributed by atoms with E-state index in [9.17, 15) is 4.79 Å². The Bertz CT molecular complexity index is 343. The summed E-state index contributed by atoms with van der Waals surface area (Å²) >= 11 is 0. The Morgan fingerprint density at radius 1 is 1.69 bits per heavy atom. The second kappa shape index (κ2) is 2.87. The molecular weight excluding hydrogens is 168 g/mol. The van der Waals surface area contributed by atoms with Gasteiger partial charge >= 0.3 is 5.97 Å². The van der Waals surface area contributed by atoms with Crippen molar-refractivity contribution in [1.29, 1.82) is 0 Å². The fraction of sp³-hybridized carbons (Fsp3) is 0.556. The third kappa shape index (κ3) is 1.22. The first-order valence-electron chi connectivity index (χ1n) is 4.30. The molecule has 0 N–H and O–H groups in total. The van der Waals surface area contributed by atoms with Crippen molar-refractivity contribution in [3.05, 3.63) is 17.5 Å². The Morgan fingerprint density at radius 3 is 3.08 bits per heavy atom. The SMILES string of the molecule is COC(=O)C1Cc2cnn(C)c2C1. The fourth-order valence-corrected chi connectivity index (χ4v) is 1.85. The maximum atomic E-state index is 11.2. The molecule has 1 heterocycles. The summed E-state index contributed by atoms with van der Waals surface area (Å²) in [6, 6.07) is 0. The zero-order valence-electron chi connectivity index (χ0n) is 7.78. The highest BCUT2D eigenvalue weighted by atomic mass is 16.5. The smallest absolute Gasteiger partial charge is 0.309 e. The van der Waals surface area contributed by atoms with Gasteiger partial charge in [0.25, 0.3) is 0 Å². The molecule has 4 nitrogen and oxygen atoms in total. The average molecular weight is 180 g/mol. The van der Waals surface area contributed by atoms with E-state index in [2.05, 4.69) is 5.10 Å². The Balaban J connectivity index is 2.18. The number of methoxy groups -OCH3 is 1. The van der Waals surface area contributed by atoms with Crippen LogP contribution < -0.4 is 0 Å². The summed E-state index contributed by atoms with van der Waals surface area (Å²) in [5.74, 6) is -0.111. The summed E-state index contributed by atoms with van der Waals surface area (Å²) in [5, 5.41) is 4.12. The molecule has 1 aliphatic rings. The van der Waals surface area contributed by atoms with Crippen molar-refractivity contribution in [2.75, 3.05) is 7.11 Å². The van der Waals surface area contributed by atoms with Crippen LogP contribution in [0.4, 0.5) is 0 Å². The maximum Gasteiger partial charge on any atom is 0.309 e. The van der Waals surface area contributed by atoms with E-state index in [-0.39, 0.29) is 11.9 Å². The summed E-state index contributed by atoms with van der Waals surface area (Å²) in [6.45, 7) is 0. The van der Waals surface area contributed by atoms with Crippen molar-refractivity contribution in [2.45, 2.75) is 12.8 Å². The number of rotatable bonds is 1. The topological polar surface area (TPSA) is 44.1 Å². The van der Waals surface area contributed by atoms with Crippen LogP contribution in [0, 0.1) is 5.92 Å². The number of hydrogen-bond donors (Lipinski definition) is 0. The first-order valence-corrected chi connectivity index (χ1v) is 4.30. The number of carbonyl (C=O) groups excluding carboxylic acids is 1. The zero-order chi connectivity index (χ0) is 9.42. The van der Waals surface area contributed by atoms with Crippen molar-refractivity contribution in [2.24, 2.45) is 13.0 Å². The molecule has 2 rings (SSSR count). The summed E-state index contributed by atoms with van der Waals surface area (Å²) in [6.07, 6.45) is 3.37. The fourth-order valence-electron chi connectivity index (χ4n) is 1.85. The molecule has 0 fully saturated rings. The predicted octanol–water partition coefficient (Wildman–Crippen LogP) is 0.308. The second-order valence-corrected chi connectivity index (χ2v) is 3.37. The van der Waals surface area contributed by atoms with E-state index in [0.717, 1.165) is 18.5 Å². The minimum Gasteiger partial charge on any atom is -0.469 e. The van der Waals surface area contributed by atoms with E-state index in [0.29, 0.717) is 0 Å². The lowest BCUT2D eigenvalue weighted by atomic mass is 10.1. The van der Waals surface area contributed by atoms with Gasteiger partial charge in [-0.3, -0.25) is 9.48 Å². The van der Waals surface area contributed by atoms with Crippen molar-refractivity contribution in [1.82, 2.24) is 9.78 Å². The molecule has 0 aromatic carbocycles. The molecule has 13 heavy (non-hydrogen) atoms. The Kier molecular flexibility index (Phi) is 1.83. The maximum absolute atomic E-state index is 11.2. The Hall–Kier alpha value is -1.32. The van der Waals surface area contributed by atoms with Crippen molar-refractivity contribution < 1.29 is 9.53 Å². The number of hydrogen-bond acceptors (Lipinski definition) is 3. The van der Waals surface area contributed by atoms with E-state index >= 15 is 0 Å². The van der Waals surface area contributed by atoms with Crippen LogP contribution in [0.3, 0.4) is 0 Å². The number of aryl methyl sites for hydroxylation is 1. The number of esters is 1. The van der Waals surface area contributed by atoms with Crippen LogP contribution in [0.15, 0.2) is 6.20 Å². The lowest BCUT2D eigenvalue weighted by Gasteiger charge is -2.05. The van der Waals surface area contributed by atoms with Gasteiger partial charge in [0.2, 0.25) is 0 Å². The quantitative estimate of drug-likeness (QED) is 0.584. The van der Waals surface area contributed by atoms with Gasteiger partial charge in [-0.15, -0.1) is 0 Å². The number of fused-ring (bicyclic) bond motifs is 1. The largest absolute Gasteiger partial charge is 0.469 e. The Labute approximate surface area is 76.5 Å². The summed E-state index contributed by atoms with van der Waals surface area (Å²) < 4.78 is 6.54. The van der Waals surface area contributed by atoms with Gasteiger partial charge in [0.15, 0.2) is 0 Å². The van der Waals surface area contributed by atoms with Gasteiger partial charge in [-0.05, 0) is 12.0 Å². The zero-order valence-corrected chi connectivity index (χ0v) is 7.78. The molecule has 1 unspecified atom stereocenters. The lowest BCUT2D eigenvalue weighted by Crippen LogP contribution is -2.17.